The van der Waals surface area contributed by atoms with Gasteiger partial charge < -0.3 is 29.4 Å². The van der Waals surface area contributed by atoms with Gasteiger partial charge in [-0.3, -0.25) is 14.4 Å². The first-order valence-electron chi connectivity index (χ1n) is 14.2. The van der Waals surface area contributed by atoms with E-state index in [1.54, 1.807) is 43.3 Å². The SMILES string of the molecule is COC(=O)[C@](N)(Cc1ccc(OC(=O)CCC(C)C)c(OC(=O)CCC(C)C)c1)CC(C)OC(=O)Oc1ccccc1. The van der Waals surface area contributed by atoms with Crippen molar-refractivity contribution in [1.29, 1.82) is 0 Å². The van der Waals surface area contributed by atoms with Crippen LogP contribution in [0, 0.1) is 11.8 Å². The van der Waals surface area contributed by atoms with E-state index in [9.17, 15) is 19.2 Å². The van der Waals surface area contributed by atoms with Gasteiger partial charge in [0.05, 0.1) is 7.11 Å². The summed E-state index contributed by atoms with van der Waals surface area (Å²) in [6, 6.07) is 13.0. The lowest BCUT2D eigenvalue weighted by Gasteiger charge is -2.29. The summed E-state index contributed by atoms with van der Waals surface area (Å²) in [6.45, 7) is 9.58. The molecule has 0 radical (unpaired) electrons. The predicted molar refractivity (Wildman–Crippen MR) is 156 cm³/mol. The van der Waals surface area contributed by atoms with Crippen LogP contribution in [0.5, 0.6) is 17.2 Å². The lowest BCUT2D eigenvalue weighted by atomic mass is 9.86. The zero-order chi connectivity index (χ0) is 31.3. The van der Waals surface area contributed by atoms with E-state index in [-0.39, 0.29) is 37.2 Å². The van der Waals surface area contributed by atoms with Crippen LogP contribution in [0.3, 0.4) is 0 Å². The highest BCUT2D eigenvalue weighted by molar-refractivity contribution is 5.81. The van der Waals surface area contributed by atoms with E-state index < -0.39 is 35.7 Å². The highest BCUT2D eigenvalue weighted by atomic mass is 16.7. The second-order valence-corrected chi connectivity index (χ2v) is 11.2. The summed E-state index contributed by atoms with van der Waals surface area (Å²) in [5.41, 5.74) is 5.43. The van der Waals surface area contributed by atoms with Crippen molar-refractivity contribution in [2.45, 2.75) is 84.8 Å². The molecule has 10 nitrogen and oxygen atoms in total. The van der Waals surface area contributed by atoms with Gasteiger partial charge >= 0.3 is 24.1 Å². The Hall–Kier alpha value is -3.92. The first-order valence-corrected chi connectivity index (χ1v) is 14.2. The Kier molecular flexibility index (Phi) is 13.5. The molecule has 0 bridgehead atoms. The van der Waals surface area contributed by atoms with Gasteiger partial charge in [0.2, 0.25) is 0 Å². The molecule has 10 heteroatoms. The minimum absolute atomic E-state index is 0.0436. The molecule has 1 unspecified atom stereocenters. The van der Waals surface area contributed by atoms with E-state index in [4.69, 9.17) is 29.4 Å². The van der Waals surface area contributed by atoms with Crippen LogP contribution in [0.4, 0.5) is 4.79 Å². The Morgan fingerprint density at radius 2 is 1.36 bits per heavy atom. The van der Waals surface area contributed by atoms with Crippen molar-refractivity contribution in [3.63, 3.8) is 0 Å². The Labute approximate surface area is 247 Å². The number of para-hydroxylation sites is 1. The molecule has 0 saturated carbocycles. The molecule has 0 spiro atoms. The summed E-state index contributed by atoms with van der Waals surface area (Å²) in [5.74, 6) is -0.608. The molecule has 2 atom stereocenters. The van der Waals surface area contributed by atoms with E-state index in [1.165, 1.54) is 19.2 Å². The standard InChI is InChI=1S/C32H43NO9/c1-21(2)12-16-28(34)41-26-15-14-24(18-27(26)42-29(35)17-13-22(3)4)20-32(33,30(36)38-6)19-23(5)39-31(37)40-25-10-8-7-9-11-25/h7-11,14-15,18,21-23H,12-13,16-17,19-20,33H2,1-6H3/t23?,32-/m1/s1. The molecule has 0 heterocycles. The van der Waals surface area contributed by atoms with E-state index in [2.05, 4.69) is 0 Å². The third kappa shape index (κ3) is 11.9. The van der Waals surface area contributed by atoms with Crippen molar-refractivity contribution in [1.82, 2.24) is 0 Å². The highest BCUT2D eigenvalue weighted by Crippen LogP contribution is 2.32. The number of rotatable bonds is 15. The molecule has 42 heavy (non-hydrogen) atoms. The van der Waals surface area contributed by atoms with Crippen molar-refractivity contribution in [2.75, 3.05) is 7.11 Å². The lowest BCUT2D eigenvalue weighted by Crippen LogP contribution is -2.53. The number of hydrogen-bond acceptors (Lipinski definition) is 10. The summed E-state index contributed by atoms with van der Waals surface area (Å²) in [5, 5.41) is 0. The predicted octanol–water partition coefficient (Wildman–Crippen LogP) is 5.78. The first-order chi connectivity index (χ1) is 19.8. The van der Waals surface area contributed by atoms with Crippen molar-refractivity contribution < 1.29 is 42.9 Å². The zero-order valence-corrected chi connectivity index (χ0v) is 25.3. The van der Waals surface area contributed by atoms with Crippen molar-refractivity contribution >= 4 is 24.1 Å². The summed E-state index contributed by atoms with van der Waals surface area (Å²) in [6.07, 6.45) is -0.258. The maximum Gasteiger partial charge on any atom is 0.514 e. The van der Waals surface area contributed by atoms with E-state index in [0.29, 0.717) is 36.0 Å². The van der Waals surface area contributed by atoms with Crippen LogP contribution < -0.4 is 19.9 Å². The van der Waals surface area contributed by atoms with Crippen LogP contribution in [0.15, 0.2) is 48.5 Å². The molecule has 0 aromatic heterocycles. The Morgan fingerprint density at radius 3 is 1.90 bits per heavy atom. The molecule has 2 rings (SSSR count). The van der Waals surface area contributed by atoms with Gasteiger partial charge in [-0.25, -0.2) is 4.79 Å². The average Bonchev–Trinajstić information content (AvgIpc) is 2.92. The Morgan fingerprint density at radius 1 is 0.786 bits per heavy atom. The topological polar surface area (TPSA) is 140 Å². The fourth-order valence-corrected chi connectivity index (χ4v) is 4.11. The fraction of sp³-hybridized carbons (Fsp3) is 0.500. The quantitative estimate of drug-likeness (QED) is 0.155. The molecular weight excluding hydrogens is 542 g/mol. The van der Waals surface area contributed by atoms with Gasteiger partial charge in [-0.2, -0.15) is 0 Å². The fourth-order valence-electron chi connectivity index (χ4n) is 4.11. The third-order valence-electron chi connectivity index (χ3n) is 6.31. The number of methoxy groups -OCH3 is 1. The van der Waals surface area contributed by atoms with Crippen molar-refractivity contribution in [3.05, 3.63) is 54.1 Å². The number of carbonyl (C=O) groups is 4. The normalized spacial score (nSPS) is 13.2. The second kappa shape index (κ2) is 16.5. The summed E-state index contributed by atoms with van der Waals surface area (Å²) in [7, 11) is 1.21. The van der Waals surface area contributed by atoms with Crippen LogP contribution in [-0.2, 0) is 30.3 Å². The number of nitrogens with two attached hydrogens (primary N) is 1. The van der Waals surface area contributed by atoms with Crippen LogP contribution in [0.2, 0.25) is 0 Å². The number of carbonyl (C=O) groups excluding carboxylic acids is 4. The second-order valence-electron chi connectivity index (χ2n) is 11.2. The van der Waals surface area contributed by atoms with E-state index >= 15 is 0 Å². The van der Waals surface area contributed by atoms with Gasteiger partial charge in [-0.1, -0.05) is 52.0 Å². The zero-order valence-electron chi connectivity index (χ0n) is 25.3. The Balaban J connectivity index is 2.24. The third-order valence-corrected chi connectivity index (χ3v) is 6.31. The Bertz CT molecular complexity index is 1200. The number of ether oxygens (including phenoxy) is 5. The maximum atomic E-state index is 12.8. The molecule has 0 fully saturated rings. The molecule has 0 aliphatic heterocycles. The van der Waals surface area contributed by atoms with Gasteiger partial charge in [-0.15, -0.1) is 0 Å². The highest BCUT2D eigenvalue weighted by Gasteiger charge is 2.38. The van der Waals surface area contributed by atoms with Crippen LogP contribution in [0.1, 0.15) is 72.3 Å². The van der Waals surface area contributed by atoms with Crippen LogP contribution in [-0.4, -0.2) is 42.8 Å². The van der Waals surface area contributed by atoms with Gasteiger partial charge in [0.15, 0.2) is 11.5 Å². The number of benzene rings is 2. The van der Waals surface area contributed by atoms with Crippen molar-refractivity contribution in [3.8, 4) is 17.2 Å². The van der Waals surface area contributed by atoms with E-state index in [1.807, 2.05) is 27.7 Å². The van der Waals surface area contributed by atoms with Crippen LogP contribution >= 0.6 is 0 Å². The summed E-state index contributed by atoms with van der Waals surface area (Å²) in [4.78, 5) is 50.1. The maximum absolute atomic E-state index is 12.8. The molecule has 0 saturated heterocycles. The van der Waals surface area contributed by atoms with E-state index in [0.717, 1.165) is 0 Å². The van der Waals surface area contributed by atoms with Crippen molar-refractivity contribution in [2.24, 2.45) is 17.6 Å². The minimum atomic E-state index is -1.62. The molecule has 0 aliphatic rings. The molecule has 0 amide bonds. The largest absolute Gasteiger partial charge is 0.514 e. The minimum Gasteiger partial charge on any atom is -0.468 e. The summed E-state index contributed by atoms with van der Waals surface area (Å²) >= 11 is 0. The number of hydrogen-bond donors (Lipinski definition) is 1. The molecule has 2 aromatic carbocycles. The first kappa shape index (κ1) is 34.3. The average molecular weight is 586 g/mol. The molecule has 230 valence electrons. The van der Waals surface area contributed by atoms with Gasteiger partial charge in [-0.05, 0) is 61.4 Å². The number of esters is 3. The van der Waals surface area contributed by atoms with Gasteiger partial charge in [0, 0.05) is 25.7 Å². The van der Waals surface area contributed by atoms with Crippen LogP contribution in [0.25, 0.3) is 0 Å². The molecule has 0 aliphatic carbocycles. The lowest BCUT2D eigenvalue weighted by molar-refractivity contribution is -0.148. The summed E-state index contributed by atoms with van der Waals surface area (Å²) < 4.78 is 26.6. The van der Waals surface area contributed by atoms with Gasteiger partial charge in [0.25, 0.3) is 0 Å². The van der Waals surface area contributed by atoms with Gasteiger partial charge in [0.1, 0.15) is 17.4 Å². The molecule has 2 aromatic rings. The molecular formula is C32H43NO9. The molecule has 2 N–H and O–H groups in total. The monoisotopic (exact) mass is 585 g/mol. The smallest absolute Gasteiger partial charge is 0.468 e.